The molecule has 1 saturated heterocycles. The molecule has 1 unspecified atom stereocenters. The quantitative estimate of drug-likeness (QED) is 0.671. The van der Waals surface area contributed by atoms with Crippen LogP contribution in [-0.2, 0) is 4.79 Å². The molecule has 102 valence electrons. The van der Waals surface area contributed by atoms with E-state index in [1.165, 1.54) is 0 Å². The van der Waals surface area contributed by atoms with Gasteiger partial charge in [0.2, 0.25) is 5.91 Å². The van der Waals surface area contributed by atoms with Gasteiger partial charge in [0, 0.05) is 19.2 Å². The van der Waals surface area contributed by atoms with Crippen LogP contribution in [0.25, 0.3) is 0 Å². The molecule has 2 rings (SSSR count). The van der Waals surface area contributed by atoms with Crippen LogP contribution in [0.3, 0.4) is 0 Å². The molecule has 1 aliphatic heterocycles. The Morgan fingerprint density at radius 2 is 2.16 bits per heavy atom. The Balaban J connectivity index is 2.38. The van der Waals surface area contributed by atoms with Crippen LogP contribution in [0.1, 0.15) is 23.2 Å². The van der Waals surface area contributed by atoms with Crippen LogP contribution in [0.5, 0.6) is 0 Å². The first-order chi connectivity index (χ1) is 9.04. The number of benzene rings is 1. The number of primary amides is 1. The Hall–Kier alpha value is -2.24. The summed E-state index contributed by atoms with van der Waals surface area (Å²) in [6.45, 7) is 0.717. The molecule has 1 aromatic rings. The Labute approximate surface area is 111 Å². The molecule has 0 spiro atoms. The monoisotopic (exact) mass is 262 g/mol. The molecular formula is C13H18N4O2. The molecule has 0 radical (unpaired) electrons. The number of nitrogens with two attached hydrogens (primary N) is 2. The minimum absolute atomic E-state index is 0.184. The number of amides is 2. The summed E-state index contributed by atoms with van der Waals surface area (Å²) in [5.41, 5.74) is 13.1. The molecule has 2 amide bonds. The maximum atomic E-state index is 11.6. The Morgan fingerprint density at radius 3 is 2.79 bits per heavy atom. The van der Waals surface area contributed by atoms with Gasteiger partial charge in [0.25, 0.3) is 5.91 Å². The maximum absolute atomic E-state index is 11.6. The van der Waals surface area contributed by atoms with Gasteiger partial charge in [-0.2, -0.15) is 0 Å². The van der Waals surface area contributed by atoms with E-state index in [0.717, 1.165) is 19.4 Å². The van der Waals surface area contributed by atoms with Crippen molar-refractivity contribution < 1.29 is 9.59 Å². The predicted molar refractivity (Wildman–Crippen MR) is 73.8 cm³/mol. The van der Waals surface area contributed by atoms with Crippen LogP contribution in [0.15, 0.2) is 18.2 Å². The van der Waals surface area contributed by atoms with E-state index in [1.54, 1.807) is 25.2 Å². The molecule has 1 aliphatic rings. The van der Waals surface area contributed by atoms with Gasteiger partial charge < -0.3 is 21.7 Å². The van der Waals surface area contributed by atoms with Crippen LogP contribution in [0, 0.1) is 0 Å². The average Bonchev–Trinajstić information content (AvgIpc) is 2.87. The molecule has 6 heteroatoms. The lowest BCUT2D eigenvalue weighted by Gasteiger charge is -2.26. The van der Waals surface area contributed by atoms with E-state index in [0.29, 0.717) is 16.9 Å². The Kier molecular flexibility index (Phi) is 3.59. The minimum atomic E-state index is -0.359. The second-order valence-corrected chi connectivity index (χ2v) is 4.61. The smallest absolute Gasteiger partial charge is 0.251 e. The van der Waals surface area contributed by atoms with Crippen molar-refractivity contribution in [3.63, 3.8) is 0 Å². The molecule has 19 heavy (non-hydrogen) atoms. The first-order valence-electron chi connectivity index (χ1n) is 6.22. The van der Waals surface area contributed by atoms with Gasteiger partial charge in [-0.3, -0.25) is 9.59 Å². The van der Waals surface area contributed by atoms with Crippen molar-refractivity contribution in [1.29, 1.82) is 0 Å². The van der Waals surface area contributed by atoms with Crippen molar-refractivity contribution in [3.05, 3.63) is 23.8 Å². The van der Waals surface area contributed by atoms with Gasteiger partial charge in [0.15, 0.2) is 0 Å². The van der Waals surface area contributed by atoms with E-state index < -0.39 is 0 Å². The van der Waals surface area contributed by atoms with Crippen LogP contribution in [-0.4, -0.2) is 31.4 Å². The molecule has 0 aliphatic carbocycles. The Morgan fingerprint density at radius 1 is 1.42 bits per heavy atom. The molecule has 1 heterocycles. The summed E-state index contributed by atoms with van der Waals surface area (Å²) < 4.78 is 0. The van der Waals surface area contributed by atoms with Crippen molar-refractivity contribution in [2.75, 3.05) is 24.2 Å². The number of hydrogen-bond donors (Lipinski definition) is 3. The van der Waals surface area contributed by atoms with Crippen molar-refractivity contribution in [3.8, 4) is 0 Å². The first kappa shape index (κ1) is 13.2. The summed E-state index contributed by atoms with van der Waals surface area (Å²) in [6, 6.07) is 4.70. The van der Waals surface area contributed by atoms with E-state index in [1.807, 2.05) is 4.90 Å². The van der Waals surface area contributed by atoms with Crippen molar-refractivity contribution in [2.24, 2.45) is 5.73 Å². The van der Waals surface area contributed by atoms with Crippen molar-refractivity contribution in [1.82, 2.24) is 5.32 Å². The molecule has 0 saturated carbocycles. The summed E-state index contributed by atoms with van der Waals surface area (Å²) in [7, 11) is 1.57. The summed E-state index contributed by atoms with van der Waals surface area (Å²) in [4.78, 5) is 25.0. The minimum Gasteiger partial charge on any atom is -0.397 e. The van der Waals surface area contributed by atoms with Gasteiger partial charge in [-0.05, 0) is 31.0 Å². The Bertz CT molecular complexity index is 515. The van der Waals surface area contributed by atoms with Gasteiger partial charge in [-0.25, -0.2) is 0 Å². The average molecular weight is 262 g/mol. The fourth-order valence-electron chi connectivity index (χ4n) is 2.43. The highest BCUT2D eigenvalue weighted by molar-refractivity contribution is 5.96. The number of anilines is 2. The van der Waals surface area contributed by atoms with Gasteiger partial charge in [-0.1, -0.05) is 0 Å². The highest BCUT2D eigenvalue weighted by Crippen LogP contribution is 2.31. The fraction of sp³-hybridized carbons (Fsp3) is 0.385. The third-order valence-corrected chi connectivity index (χ3v) is 3.41. The van der Waals surface area contributed by atoms with E-state index >= 15 is 0 Å². The zero-order valence-electron chi connectivity index (χ0n) is 10.8. The topological polar surface area (TPSA) is 101 Å². The second-order valence-electron chi connectivity index (χ2n) is 4.61. The van der Waals surface area contributed by atoms with E-state index in [9.17, 15) is 9.59 Å². The molecular weight excluding hydrogens is 244 g/mol. The van der Waals surface area contributed by atoms with Crippen LogP contribution in [0.4, 0.5) is 11.4 Å². The SMILES string of the molecule is CNC(=O)c1ccc(N)c(N2CCCC2C(N)=O)c1. The van der Waals surface area contributed by atoms with E-state index in [-0.39, 0.29) is 17.9 Å². The van der Waals surface area contributed by atoms with Crippen LogP contribution in [0.2, 0.25) is 0 Å². The van der Waals surface area contributed by atoms with Gasteiger partial charge in [0.05, 0.1) is 11.4 Å². The molecule has 1 atom stereocenters. The standard InChI is InChI=1S/C13H18N4O2/c1-16-13(19)8-4-5-9(14)11(7-8)17-6-2-3-10(17)12(15)18/h4-5,7,10H,2-3,6,14H2,1H3,(H2,15,18)(H,16,19). The normalized spacial score (nSPS) is 18.4. The van der Waals surface area contributed by atoms with Crippen molar-refractivity contribution in [2.45, 2.75) is 18.9 Å². The molecule has 0 aromatic heterocycles. The third kappa shape index (κ3) is 2.47. The van der Waals surface area contributed by atoms with Crippen molar-refractivity contribution >= 4 is 23.2 Å². The van der Waals surface area contributed by atoms with E-state index in [4.69, 9.17) is 11.5 Å². The number of carbonyl (C=O) groups excluding carboxylic acids is 2. The zero-order chi connectivity index (χ0) is 14.0. The zero-order valence-corrected chi connectivity index (χ0v) is 10.8. The van der Waals surface area contributed by atoms with E-state index in [2.05, 4.69) is 5.32 Å². The van der Waals surface area contributed by atoms with Crippen LogP contribution >= 0.6 is 0 Å². The number of hydrogen-bond acceptors (Lipinski definition) is 4. The highest BCUT2D eigenvalue weighted by atomic mass is 16.2. The predicted octanol–water partition coefficient (Wildman–Crippen LogP) is 0.0825. The fourth-order valence-corrected chi connectivity index (χ4v) is 2.43. The summed E-state index contributed by atoms with van der Waals surface area (Å²) in [6.07, 6.45) is 1.61. The number of nitrogens with zero attached hydrogens (tertiary/aromatic N) is 1. The molecule has 0 bridgehead atoms. The number of nitrogens with one attached hydrogen (secondary N) is 1. The second kappa shape index (κ2) is 5.17. The van der Waals surface area contributed by atoms with Gasteiger partial charge in [0.1, 0.15) is 6.04 Å². The number of rotatable bonds is 3. The van der Waals surface area contributed by atoms with Gasteiger partial charge in [-0.15, -0.1) is 0 Å². The number of carbonyl (C=O) groups is 2. The maximum Gasteiger partial charge on any atom is 0.251 e. The van der Waals surface area contributed by atoms with Gasteiger partial charge >= 0.3 is 0 Å². The number of nitrogen functional groups attached to an aromatic ring is 1. The summed E-state index contributed by atoms with van der Waals surface area (Å²) >= 11 is 0. The molecule has 6 nitrogen and oxygen atoms in total. The summed E-state index contributed by atoms with van der Waals surface area (Å²) in [5.74, 6) is -0.543. The molecule has 1 aromatic carbocycles. The van der Waals surface area contributed by atoms with Crippen LogP contribution < -0.4 is 21.7 Å². The summed E-state index contributed by atoms with van der Waals surface area (Å²) in [5, 5.41) is 2.56. The largest absolute Gasteiger partial charge is 0.397 e. The highest BCUT2D eigenvalue weighted by Gasteiger charge is 2.30. The third-order valence-electron chi connectivity index (χ3n) is 3.41. The first-order valence-corrected chi connectivity index (χ1v) is 6.22. The molecule has 1 fully saturated rings. The molecule has 5 N–H and O–H groups in total. The lowest BCUT2D eigenvalue weighted by atomic mass is 10.1. The lowest BCUT2D eigenvalue weighted by molar-refractivity contribution is -0.119. The lowest BCUT2D eigenvalue weighted by Crippen LogP contribution is -2.40.